The maximum Gasteiger partial charge on any atom is 0.168 e. The van der Waals surface area contributed by atoms with E-state index in [0.717, 1.165) is 0 Å². The van der Waals surface area contributed by atoms with Crippen LogP contribution in [-0.2, 0) is 16.3 Å². The van der Waals surface area contributed by atoms with Gasteiger partial charge in [-0.25, -0.2) is 12.8 Å². The molecule has 1 N–H and O–H groups in total. The number of ether oxygens (including phenoxy) is 1. The fourth-order valence-electron chi connectivity index (χ4n) is 2.73. The molecule has 0 aromatic heterocycles. The summed E-state index contributed by atoms with van der Waals surface area (Å²) in [5, 5.41) is 9.49. The van der Waals surface area contributed by atoms with Crippen LogP contribution in [-0.4, -0.2) is 38.7 Å². The fraction of sp³-hybridized carbons (Fsp3) is 0.571. The maximum atomic E-state index is 14.1. The Bertz CT molecular complexity index is 571. The average Bonchev–Trinajstić information content (AvgIpc) is 2.78. The Morgan fingerprint density at radius 2 is 2.25 bits per heavy atom. The minimum absolute atomic E-state index is 0.0871. The Labute approximate surface area is 118 Å². The zero-order valence-corrected chi connectivity index (χ0v) is 12.2. The number of aliphatic hydroxyl groups excluding tert-OH is 1. The molecule has 6 heteroatoms. The quantitative estimate of drug-likeness (QED) is 0.893. The first kappa shape index (κ1) is 15.3. The van der Waals surface area contributed by atoms with Gasteiger partial charge in [-0.2, -0.15) is 0 Å². The van der Waals surface area contributed by atoms with Crippen LogP contribution in [0.1, 0.15) is 12.0 Å². The number of rotatable bonds is 5. The normalized spacial score (nSPS) is 22.6. The molecule has 1 fully saturated rings. The van der Waals surface area contributed by atoms with Crippen molar-refractivity contribution < 1.29 is 22.7 Å². The van der Waals surface area contributed by atoms with Gasteiger partial charge in [0.05, 0.1) is 18.6 Å². The van der Waals surface area contributed by atoms with Crippen LogP contribution in [0.2, 0.25) is 0 Å². The smallest absolute Gasteiger partial charge is 0.168 e. The van der Waals surface area contributed by atoms with Gasteiger partial charge in [-0.3, -0.25) is 0 Å². The summed E-state index contributed by atoms with van der Waals surface area (Å²) < 4.78 is 42.0. The van der Waals surface area contributed by atoms with E-state index in [2.05, 4.69) is 0 Å². The summed E-state index contributed by atoms with van der Waals surface area (Å²) in [6.07, 6.45) is 0.860. The van der Waals surface area contributed by atoms with E-state index >= 15 is 0 Å². The molecule has 2 rings (SSSR count). The summed E-state index contributed by atoms with van der Waals surface area (Å²) in [6.45, 7) is -0.142. The summed E-state index contributed by atoms with van der Waals surface area (Å²) in [5.41, 5.74) is 0.452. The van der Waals surface area contributed by atoms with Crippen molar-refractivity contribution in [3.05, 3.63) is 29.6 Å². The average molecular weight is 302 g/mol. The minimum Gasteiger partial charge on any atom is -0.494 e. The van der Waals surface area contributed by atoms with Gasteiger partial charge in [0.25, 0.3) is 0 Å². The molecule has 2 atom stereocenters. The van der Waals surface area contributed by atoms with Gasteiger partial charge in [0.1, 0.15) is 0 Å². The number of hydrogen-bond acceptors (Lipinski definition) is 4. The first-order chi connectivity index (χ1) is 9.46. The van der Waals surface area contributed by atoms with Crippen LogP contribution in [0.25, 0.3) is 0 Å². The summed E-state index contributed by atoms with van der Waals surface area (Å²) in [5.74, 6) is -0.365. The molecule has 0 aliphatic carbocycles. The number of halogens is 1. The van der Waals surface area contributed by atoms with Crippen molar-refractivity contribution in [2.24, 2.45) is 11.8 Å². The largest absolute Gasteiger partial charge is 0.494 e. The van der Waals surface area contributed by atoms with E-state index < -0.39 is 15.7 Å². The topological polar surface area (TPSA) is 63.6 Å². The van der Waals surface area contributed by atoms with E-state index in [-0.39, 0.29) is 35.7 Å². The fourth-order valence-corrected chi connectivity index (χ4v) is 4.65. The van der Waals surface area contributed by atoms with Gasteiger partial charge < -0.3 is 9.84 Å². The molecule has 1 aromatic carbocycles. The number of methoxy groups -OCH3 is 1. The van der Waals surface area contributed by atoms with Gasteiger partial charge in [0, 0.05) is 6.61 Å². The Balaban J connectivity index is 2.15. The second-order valence-electron chi connectivity index (χ2n) is 5.24. The van der Waals surface area contributed by atoms with Crippen molar-refractivity contribution >= 4 is 9.84 Å². The number of hydrogen-bond donors (Lipinski definition) is 1. The summed E-state index contributed by atoms with van der Waals surface area (Å²) >= 11 is 0. The summed E-state index contributed by atoms with van der Waals surface area (Å²) in [7, 11) is -1.60. The molecule has 20 heavy (non-hydrogen) atoms. The molecular weight excluding hydrogens is 283 g/mol. The van der Waals surface area contributed by atoms with Gasteiger partial charge in [0.2, 0.25) is 0 Å². The van der Waals surface area contributed by atoms with Crippen LogP contribution in [0.4, 0.5) is 4.39 Å². The molecule has 1 aliphatic rings. The second kappa shape index (κ2) is 6.10. The molecule has 4 nitrogen and oxygen atoms in total. The summed E-state index contributed by atoms with van der Waals surface area (Å²) in [6, 6.07) is 4.87. The lowest BCUT2D eigenvalue weighted by molar-refractivity contribution is 0.183. The first-order valence-electron chi connectivity index (χ1n) is 6.59. The lowest BCUT2D eigenvalue weighted by atomic mass is 9.87. The van der Waals surface area contributed by atoms with E-state index in [1.54, 1.807) is 12.1 Å². The number of aliphatic hydroxyl groups is 1. The third-order valence-corrected chi connectivity index (χ3v) is 5.71. The van der Waals surface area contributed by atoms with Gasteiger partial charge in [0.15, 0.2) is 21.4 Å². The molecule has 2 unspecified atom stereocenters. The maximum absolute atomic E-state index is 14.1. The van der Waals surface area contributed by atoms with Crippen LogP contribution in [0.5, 0.6) is 5.75 Å². The van der Waals surface area contributed by atoms with Crippen molar-refractivity contribution in [3.8, 4) is 5.75 Å². The molecule has 0 bridgehead atoms. The van der Waals surface area contributed by atoms with Crippen LogP contribution in [0.15, 0.2) is 18.2 Å². The highest BCUT2D eigenvalue weighted by Crippen LogP contribution is 2.30. The van der Waals surface area contributed by atoms with Crippen LogP contribution in [0.3, 0.4) is 0 Å². The van der Waals surface area contributed by atoms with Gasteiger partial charge in [-0.1, -0.05) is 12.1 Å². The molecule has 112 valence electrons. The molecular formula is C14H19FO4S. The van der Waals surface area contributed by atoms with Crippen molar-refractivity contribution in [1.82, 2.24) is 0 Å². The monoisotopic (exact) mass is 302 g/mol. The first-order valence-corrected chi connectivity index (χ1v) is 8.41. The van der Waals surface area contributed by atoms with Gasteiger partial charge in [-0.05, 0) is 36.3 Å². The zero-order valence-electron chi connectivity index (χ0n) is 11.4. The van der Waals surface area contributed by atoms with E-state index in [9.17, 15) is 17.9 Å². The van der Waals surface area contributed by atoms with Gasteiger partial charge in [-0.15, -0.1) is 0 Å². The molecule has 0 spiro atoms. The van der Waals surface area contributed by atoms with E-state index in [0.29, 0.717) is 18.4 Å². The highest BCUT2D eigenvalue weighted by atomic mass is 32.2. The Morgan fingerprint density at radius 1 is 1.50 bits per heavy atom. The third-order valence-electron chi connectivity index (χ3n) is 3.91. The van der Waals surface area contributed by atoms with E-state index in [1.165, 1.54) is 13.2 Å². The third kappa shape index (κ3) is 3.30. The van der Waals surface area contributed by atoms with Crippen LogP contribution >= 0.6 is 0 Å². The molecule has 0 saturated carbocycles. The van der Waals surface area contributed by atoms with E-state index in [4.69, 9.17) is 4.74 Å². The number of benzene rings is 1. The highest BCUT2D eigenvalue weighted by Gasteiger charge is 2.33. The number of sulfone groups is 1. The predicted octanol–water partition coefficient (Wildman–Crippen LogP) is 1.42. The summed E-state index contributed by atoms with van der Waals surface area (Å²) in [4.78, 5) is 0. The SMILES string of the molecule is COc1cccc(CC(CO)C2CCS(=O)(=O)C2)c1F. The molecule has 0 radical (unpaired) electrons. The van der Waals surface area contributed by atoms with E-state index in [1.807, 2.05) is 0 Å². The van der Waals surface area contributed by atoms with Crippen molar-refractivity contribution in [3.63, 3.8) is 0 Å². The lowest BCUT2D eigenvalue weighted by Gasteiger charge is -2.20. The van der Waals surface area contributed by atoms with Crippen LogP contribution < -0.4 is 4.74 Å². The molecule has 1 aromatic rings. The lowest BCUT2D eigenvalue weighted by Crippen LogP contribution is -2.22. The molecule has 1 aliphatic heterocycles. The Kier molecular flexibility index (Phi) is 4.65. The second-order valence-corrected chi connectivity index (χ2v) is 7.47. The van der Waals surface area contributed by atoms with Gasteiger partial charge >= 0.3 is 0 Å². The molecule has 1 saturated heterocycles. The standard InChI is InChI=1S/C14H19FO4S/c1-19-13-4-2-3-10(14(13)15)7-12(8-16)11-5-6-20(17,18)9-11/h2-4,11-12,16H,5-9H2,1H3. The minimum atomic E-state index is -3.00. The van der Waals surface area contributed by atoms with Crippen molar-refractivity contribution in [2.45, 2.75) is 12.8 Å². The van der Waals surface area contributed by atoms with Crippen LogP contribution in [0, 0.1) is 17.7 Å². The highest BCUT2D eigenvalue weighted by molar-refractivity contribution is 7.91. The van der Waals surface area contributed by atoms with Crippen molar-refractivity contribution in [1.29, 1.82) is 0 Å². The van der Waals surface area contributed by atoms with Crippen molar-refractivity contribution in [2.75, 3.05) is 25.2 Å². The Morgan fingerprint density at radius 3 is 2.80 bits per heavy atom. The molecule has 0 amide bonds. The predicted molar refractivity (Wildman–Crippen MR) is 74.0 cm³/mol. The molecule has 1 heterocycles. The Hall–Kier alpha value is -1.14. The zero-order chi connectivity index (χ0) is 14.8.